The molecule has 0 saturated carbocycles. The molecule has 3 heterocycles. The summed E-state index contributed by atoms with van der Waals surface area (Å²) in [6.07, 6.45) is 6.09. The average molecular weight is 366 g/mol. The number of amides is 1. The Balaban J connectivity index is 1.28. The minimum absolute atomic E-state index is 0.146. The Morgan fingerprint density at radius 3 is 2.63 bits per heavy atom. The first-order valence-corrected chi connectivity index (χ1v) is 9.62. The SMILES string of the molecule is Cc1ccc(C2CC(C(=O)N3CCC(Oc4cccnc4)CC3)NN2)cc1. The molecule has 2 unspecified atom stereocenters. The fourth-order valence-corrected chi connectivity index (χ4v) is 3.76. The predicted molar refractivity (Wildman–Crippen MR) is 103 cm³/mol. The first-order valence-electron chi connectivity index (χ1n) is 9.62. The normalized spacial score (nSPS) is 23.4. The maximum atomic E-state index is 12.9. The van der Waals surface area contributed by atoms with E-state index in [4.69, 9.17) is 4.74 Å². The molecule has 4 rings (SSSR count). The van der Waals surface area contributed by atoms with Gasteiger partial charge < -0.3 is 9.64 Å². The standard InChI is InChI=1S/C21H26N4O2/c1-15-4-6-16(7-5-15)19-13-20(24-23-19)21(26)25-11-8-17(9-12-25)27-18-3-2-10-22-14-18/h2-7,10,14,17,19-20,23-24H,8-9,11-13H2,1H3. The summed E-state index contributed by atoms with van der Waals surface area (Å²) in [5.41, 5.74) is 8.92. The van der Waals surface area contributed by atoms with Crippen LogP contribution in [0.25, 0.3) is 0 Å². The Hall–Kier alpha value is -2.44. The zero-order valence-corrected chi connectivity index (χ0v) is 15.6. The molecule has 6 nitrogen and oxygen atoms in total. The molecule has 1 amide bonds. The number of benzene rings is 1. The Kier molecular flexibility index (Phi) is 5.36. The summed E-state index contributed by atoms with van der Waals surface area (Å²) in [4.78, 5) is 18.9. The predicted octanol–water partition coefficient (Wildman–Crippen LogP) is 2.37. The van der Waals surface area contributed by atoms with Gasteiger partial charge in [-0.05, 0) is 31.0 Å². The number of rotatable bonds is 4. The first-order chi connectivity index (χ1) is 13.2. The number of carbonyl (C=O) groups is 1. The number of piperidine rings is 1. The highest BCUT2D eigenvalue weighted by molar-refractivity contribution is 5.82. The minimum atomic E-state index is -0.174. The molecule has 2 saturated heterocycles. The van der Waals surface area contributed by atoms with E-state index in [0.29, 0.717) is 0 Å². The Bertz CT molecular complexity index is 758. The van der Waals surface area contributed by atoms with Crippen LogP contribution in [0.5, 0.6) is 5.75 Å². The molecule has 1 aromatic heterocycles. The summed E-state index contributed by atoms with van der Waals surface area (Å²) in [6, 6.07) is 12.3. The largest absolute Gasteiger partial charge is 0.489 e. The second-order valence-corrected chi connectivity index (χ2v) is 7.37. The van der Waals surface area contributed by atoms with Gasteiger partial charge in [-0.15, -0.1) is 0 Å². The van der Waals surface area contributed by atoms with Crippen LogP contribution >= 0.6 is 0 Å². The second-order valence-electron chi connectivity index (χ2n) is 7.37. The highest BCUT2D eigenvalue weighted by Crippen LogP contribution is 2.25. The van der Waals surface area contributed by atoms with Crippen molar-refractivity contribution in [2.45, 2.75) is 44.4 Å². The third-order valence-corrected chi connectivity index (χ3v) is 5.37. The van der Waals surface area contributed by atoms with Crippen LogP contribution in [-0.2, 0) is 4.79 Å². The van der Waals surface area contributed by atoms with Crippen molar-refractivity contribution < 1.29 is 9.53 Å². The molecule has 2 N–H and O–H groups in total. The molecule has 142 valence electrons. The van der Waals surface area contributed by atoms with Gasteiger partial charge in [-0.2, -0.15) is 0 Å². The number of aromatic nitrogens is 1. The van der Waals surface area contributed by atoms with Gasteiger partial charge in [0.05, 0.1) is 6.20 Å². The molecule has 2 aromatic rings. The van der Waals surface area contributed by atoms with Crippen molar-refractivity contribution in [2.24, 2.45) is 0 Å². The van der Waals surface area contributed by atoms with Crippen molar-refractivity contribution in [1.82, 2.24) is 20.7 Å². The average Bonchev–Trinajstić information content (AvgIpc) is 3.20. The monoisotopic (exact) mass is 366 g/mol. The number of hydrogen-bond donors (Lipinski definition) is 2. The van der Waals surface area contributed by atoms with E-state index in [-0.39, 0.29) is 24.1 Å². The quantitative estimate of drug-likeness (QED) is 0.870. The minimum Gasteiger partial charge on any atom is -0.489 e. The van der Waals surface area contributed by atoms with Gasteiger partial charge in [0.15, 0.2) is 0 Å². The van der Waals surface area contributed by atoms with E-state index >= 15 is 0 Å². The van der Waals surface area contributed by atoms with Crippen molar-refractivity contribution in [3.05, 3.63) is 59.9 Å². The molecule has 2 aliphatic rings. The highest BCUT2D eigenvalue weighted by Gasteiger charge is 2.34. The van der Waals surface area contributed by atoms with E-state index in [0.717, 1.165) is 38.1 Å². The zero-order valence-electron chi connectivity index (χ0n) is 15.6. The third kappa shape index (κ3) is 4.28. The van der Waals surface area contributed by atoms with Crippen molar-refractivity contribution in [3.63, 3.8) is 0 Å². The number of carbonyl (C=O) groups excluding carboxylic acids is 1. The van der Waals surface area contributed by atoms with Crippen molar-refractivity contribution >= 4 is 5.91 Å². The lowest BCUT2D eigenvalue weighted by Crippen LogP contribution is -2.49. The van der Waals surface area contributed by atoms with Crippen LogP contribution in [0, 0.1) is 6.92 Å². The van der Waals surface area contributed by atoms with Crippen LogP contribution in [0.3, 0.4) is 0 Å². The summed E-state index contributed by atoms with van der Waals surface area (Å²) < 4.78 is 5.96. The molecule has 0 aliphatic carbocycles. The van der Waals surface area contributed by atoms with Crippen LogP contribution in [0.4, 0.5) is 0 Å². The van der Waals surface area contributed by atoms with E-state index < -0.39 is 0 Å². The van der Waals surface area contributed by atoms with Crippen LogP contribution in [-0.4, -0.2) is 41.0 Å². The smallest absolute Gasteiger partial charge is 0.241 e. The second kappa shape index (κ2) is 8.06. The van der Waals surface area contributed by atoms with Gasteiger partial charge in [-0.1, -0.05) is 29.8 Å². The van der Waals surface area contributed by atoms with Gasteiger partial charge in [0.2, 0.25) is 5.91 Å². The Labute approximate surface area is 159 Å². The van der Waals surface area contributed by atoms with Crippen molar-refractivity contribution in [3.8, 4) is 5.75 Å². The molecule has 27 heavy (non-hydrogen) atoms. The number of nitrogens with zero attached hydrogens (tertiary/aromatic N) is 2. The number of hydrazine groups is 1. The fourth-order valence-electron chi connectivity index (χ4n) is 3.76. The van der Waals surface area contributed by atoms with Crippen LogP contribution in [0.1, 0.15) is 36.4 Å². The number of aryl methyl sites for hydroxylation is 1. The zero-order chi connectivity index (χ0) is 18.6. The van der Waals surface area contributed by atoms with Gasteiger partial charge in [0, 0.05) is 38.2 Å². The van der Waals surface area contributed by atoms with Crippen molar-refractivity contribution in [1.29, 1.82) is 0 Å². The van der Waals surface area contributed by atoms with Gasteiger partial charge in [0.25, 0.3) is 0 Å². The van der Waals surface area contributed by atoms with E-state index in [2.05, 4.69) is 47.0 Å². The van der Waals surface area contributed by atoms with Gasteiger partial charge in [-0.25, -0.2) is 10.9 Å². The van der Waals surface area contributed by atoms with Gasteiger partial charge in [0.1, 0.15) is 17.9 Å². The van der Waals surface area contributed by atoms with Crippen molar-refractivity contribution in [2.75, 3.05) is 13.1 Å². The molecule has 2 aliphatic heterocycles. The number of ether oxygens (including phenoxy) is 1. The number of pyridine rings is 1. The molecule has 0 spiro atoms. The summed E-state index contributed by atoms with van der Waals surface area (Å²) >= 11 is 0. The van der Waals surface area contributed by atoms with Crippen LogP contribution in [0.15, 0.2) is 48.8 Å². The fraction of sp³-hybridized carbons (Fsp3) is 0.429. The molecule has 0 bridgehead atoms. The summed E-state index contributed by atoms with van der Waals surface area (Å²) in [7, 11) is 0. The lowest BCUT2D eigenvalue weighted by molar-refractivity contribution is -0.135. The number of likely N-dealkylation sites (tertiary alicyclic amines) is 1. The van der Waals surface area contributed by atoms with Gasteiger partial charge in [-0.3, -0.25) is 9.78 Å². The van der Waals surface area contributed by atoms with E-state index in [1.807, 2.05) is 17.0 Å². The Morgan fingerprint density at radius 1 is 1.15 bits per heavy atom. The van der Waals surface area contributed by atoms with Crippen LogP contribution < -0.4 is 15.6 Å². The lowest BCUT2D eigenvalue weighted by atomic mass is 9.99. The summed E-state index contributed by atoms with van der Waals surface area (Å²) in [5.74, 6) is 0.974. The van der Waals surface area contributed by atoms with E-state index in [1.165, 1.54) is 11.1 Å². The Morgan fingerprint density at radius 2 is 1.93 bits per heavy atom. The van der Waals surface area contributed by atoms with Crippen LogP contribution in [0.2, 0.25) is 0 Å². The number of hydrogen-bond acceptors (Lipinski definition) is 5. The van der Waals surface area contributed by atoms with E-state index in [1.54, 1.807) is 12.4 Å². The van der Waals surface area contributed by atoms with Gasteiger partial charge >= 0.3 is 0 Å². The number of nitrogens with one attached hydrogen (secondary N) is 2. The molecule has 6 heteroatoms. The highest BCUT2D eigenvalue weighted by atomic mass is 16.5. The topological polar surface area (TPSA) is 66.5 Å². The maximum absolute atomic E-state index is 12.9. The molecule has 0 radical (unpaired) electrons. The molecular formula is C21H26N4O2. The van der Waals surface area contributed by atoms with E-state index in [9.17, 15) is 4.79 Å². The molecule has 2 atom stereocenters. The lowest BCUT2D eigenvalue weighted by Gasteiger charge is -2.33. The molecular weight excluding hydrogens is 340 g/mol. The summed E-state index contributed by atoms with van der Waals surface area (Å²) in [5, 5.41) is 0. The third-order valence-electron chi connectivity index (χ3n) is 5.37. The summed E-state index contributed by atoms with van der Waals surface area (Å²) in [6.45, 7) is 3.55. The molecule has 1 aromatic carbocycles. The first kappa shape index (κ1) is 17.9. The molecule has 2 fully saturated rings. The maximum Gasteiger partial charge on any atom is 0.241 e.